The van der Waals surface area contributed by atoms with E-state index in [2.05, 4.69) is 5.32 Å². The highest BCUT2D eigenvalue weighted by Gasteiger charge is 2.37. The number of rotatable bonds is 5. The Balaban J connectivity index is 1.63. The number of thiophene rings is 1. The van der Waals surface area contributed by atoms with Crippen molar-refractivity contribution in [3.05, 3.63) is 58.8 Å². The fourth-order valence-corrected chi connectivity index (χ4v) is 6.13. The predicted octanol–water partition coefficient (Wildman–Crippen LogP) is 3.92. The van der Waals surface area contributed by atoms with Crippen molar-refractivity contribution in [2.75, 3.05) is 10.8 Å². The maximum absolute atomic E-state index is 13.0. The van der Waals surface area contributed by atoms with Gasteiger partial charge in [0.2, 0.25) is 5.91 Å². The van der Waals surface area contributed by atoms with Crippen molar-refractivity contribution in [2.24, 2.45) is 5.92 Å². The summed E-state index contributed by atoms with van der Waals surface area (Å²) in [6.07, 6.45) is 0. The smallest absolute Gasteiger partial charge is 0.265 e. The van der Waals surface area contributed by atoms with Crippen LogP contribution in [0.15, 0.2) is 58.8 Å². The van der Waals surface area contributed by atoms with Gasteiger partial charge < -0.3 is 5.32 Å². The van der Waals surface area contributed by atoms with E-state index in [1.807, 2.05) is 49.6 Å². The number of nitrogens with one attached hydrogen (secondary N) is 1. The Bertz CT molecular complexity index is 1100. The van der Waals surface area contributed by atoms with Gasteiger partial charge in [0.05, 0.1) is 16.6 Å². The Morgan fingerprint density at radius 3 is 2.52 bits per heavy atom. The number of carbonyl (C=O) groups excluding carboxylic acids is 1. The van der Waals surface area contributed by atoms with Gasteiger partial charge in [-0.05, 0) is 34.9 Å². The minimum Gasteiger partial charge on any atom is -0.347 e. The fourth-order valence-electron chi connectivity index (χ4n) is 3.51. The number of anilines is 1. The van der Waals surface area contributed by atoms with Crippen LogP contribution >= 0.6 is 11.3 Å². The van der Waals surface area contributed by atoms with Gasteiger partial charge in [0.1, 0.15) is 6.54 Å². The van der Waals surface area contributed by atoms with Crippen LogP contribution in [0.4, 0.5) is 5.69 Å². The Morgan fingerprint density at radius 2 is 1.85 bits per heavy atom. The molecular formula is C20H20N2O3S2. The second-order valence-corrected chi connectivity index (χ2v) is 9.76. The summed E-state index contributed by atoms with van der Waals surface area (Å²) in [6, 6.07) is 14.5. The maximum Gasteiger partial charge on any atom is 0.265 e. The molecule has 2 heterocycles. The summed E-state index contributed by atoms with van der Waals surface area (Å²) >= 11 is 1.58. The minimum atomic E-state index is -3.73. The molecule has 5 nitrogen and oxygen atoms in total. The lowest BCUT2D eigenvalue weighted by Crippen LogP contribution is -2.41. The van der Waals surface area contributed by atoms with E-state index in [1.165, 1.54) is 4.31 Å². The Labute approximate surface area is 162 Å². The van der Waals surface area contributed by atoms with Gasteiger partial charge in [-0.15, -0.1) is 11.3 Å². The third kappa shape index (κ3) is 3.00. The molecule has 0 bridgehead atoms. The number of benzene rings is 2. The van der Waals surface area contributed by atoms with Crippen molar-refractivity contribution in [1.29, 1.82) is 0 Å². The Hall–Kier alpha value is -2.38. The van der Waals surface area contributed by atoms with Gasteiger partial charge in [0.25, 0.3) is 10.0 Å². The summed E-state index contributed by atoms with van der Waals surface area (Å²) in [5, 5.41) is 6.52. The van der Waals surface area contributed by atoms with Crippen LogP contribution in [0.1, 0.15) is 24.8 Å². The van der Waals surface area contributed by atoms with E-state index in [0.29, 0.717) is 11.1 Å². The van der Waals surface area contributed by atoms with E-state index in [-0.39, 0.29) is 29.3 Å². The summed E-state index contributed by atoms with van der Waals surface area (Å²) < 4.78 is 27.2. The van der Waals surface area contributed by atoms with E-state index in [4.69, 9.17) is 0 Å². The molecule has 1 amide bonds. The standard InChI is InChI=1S/C20H20N2O3S2/c1-13(2)20(16-9-5-11-26-16)21-18(23)12-22-15-8-3-6-14-7-4-10-17(19(14)15)27(22,24)25/h3-11,13,20H,12H2,1-2H3,(H,21,23). The third-order valence-electron chi connectivity index (χ3n) is 4.80. The zero-order valence-electron chi connectivity index (χ0n) is 15.0. The quantitative estimate of drug-likeness (QED) is 0.706. The second-order valence-electron chi connectivity index (χ2n) is 6.95. The first-order valence-corrected chi connectivity index (χ1v) is 11.1. The highest BCUT2D eigenvalue weighted by atomic mass is 32.2. The number of hydrogen-bond acceptors (Lipinski definition) is 4. The normalized spacial score (nSPS) is 16.0. The summed E-state index contributed by atoms with van der Waals surface area (Å²) in [6.45, 7) is 3.84. The van der Waals surface area contributed by atoms with E-state index in [0.717, 1.165) is 10.3 Å². The van der Waals surface area contributed by atoms with E-state index >= 15 is 0 Å². The fraction of sp³-hybridized carbons (Fsp3) is 0.250. The van der Waals surface area contributed by atoms with Crippen LogP contribution in [0.25, 0.3) is 10.8 Å². The second kappa shape index (κ2) is 6.65. The lowest BCUT2D eigenvalue weighted by molar-refractivity contribution is -0.120. The molecule has 3 aromatic rings. The van der Waals surface area contributed by atoms with Crippen LogP contribution in [0.3, 0.4) is 0 Å². The lowest BCUT2D eigenvalue weighted by atomic mass is 10.0. The van der Waals surface area contributed by atoms with Gasteiger partial charge in [-0.2, -0.15) is 0 Å². The number of hydrogen-bond donors (Lipinski definition) is 1. The van der Waals surface area contributed by atoms with Crippen LogP contribution in [0.5, 0.6) is 0 Å². The van der Waals surface area contributed by atoms with Crippen LogP contribution < -0.4 is 9.62 Å². The van der Waals surface area contributed by atoms with E-state index in [9.17, 15) is 13.2 Å². The van der Waals surface area contributed by atoms with Gasteiger partial charge in [0.15, 0.2) is 0 Å². The monoisotopic (exact) mass is 400 g/mol. The molecule has 0 spiro atoms. The summed E-state index contributed by atoms with van der Waals surface area (Å²) in [5.74, 6) is -0.112. The topological polar surface area (TPSA) is 66.5 Å². The number of amides is 1. The van der Waals surface area contributed by atoms with Crippen molar-refractivity contribution in [2.45, 2.75) is 24.8 Å². The molecule has 1 aliphatic heterocycles. The van der Waals surface area contributed by atoms with Crippen LogP contribution in [-0.4, -0.2) is 20.9 Å². The Kier molecular flexibility index (Phi) is 4.44. The molecule has 1 aromatic heterocycles. The maximum atomic E-state index is 13.0. The molecule has 1 N–H and O–H groups in total. The summed E-state index contributed by atoms with van der Waals surface area (Å²) in [7, 11) is -3.73. The van der Waals surface area contributed by atoms with Crippen LogP contribution in [-0.2, 0) is 14.8 Å². The van der Waals surface area contributed by atoms with Gasteiger partial charge in [-0.25, -0.2) is 8.42 Å². The van der Waals surface area contributed by atoms with Gasteiger partial charge in [-0.1, -0.05) is 44.2 Å². The minimum absolute atomic E-state index is 0.138. The molecule has 27 heavy (non-hydrogen) atoms. The SMILES string of the molecule is CC(C)C(NC(=O)CN1c2cccc3cccc(c23)S1(=O)=O)c1cccs1. The number of sulfonamides is 1. The molecule has 2 aromatic carbocycles. The van der Waals surface area contributed by atoms with Crippen molar-refractivity contribution in [1.82, 2.24) is 5.32 Å². The molecule has 4 rings (SSSR count). The number of nitrogens with zero attached hydrogens (tertiary/aromatic N) is 1. The largest absolute Gasteiger partial charge is 0.347 e. The third-order valence-corrected chi connectivity index (χ3v) is 7.56. The zero-order valence-corrected chi connectivity index (χ0v) is 16.7. The molecule has 1 aliphatic rings. The first-order valence-electron chi connectivity index (χ1n) is 8.77. The van der Waals surface area contributed by atoms with Crippen molar-refractivity contribution in [3.63, 3.8) is 0 Å². The molecule has 0 aliphatic carbocycles. The van der Waals surface area contributed by atoms with E-state index in [1.54, 1.807) is 29.5 Å². The van der Waals surface area contributed by atoms with Gasteiger partial charge in [-0.3, -0.25) is 9.10 Å². The molecule has 0 fully saturated rings. The highest BCUT2D eigenvalue weighted by molar-refractivity contribution is 7.93. The van der Waals surface area contributed by atoms with Crippen molar-refractivity contribution < 1.29 is 13.2 Å². The highest BCUT2D eigenvalue weighted by Crippen LogP contribution is 2.41. The molecule has 0 saturated carbocycles. The first kappa shape index (κ1) is 18.0. The molecule has 140 valence electrons. The van der Waals surface area contributed by atoms with Gasteiger partial charge >= 0.3 is 0 Å². The molecule has 1 unspecified atom stereocenters. The van der Waals surface area contributed by atoms with E-state index < -0.39 is 10.0 Å². The average Bonchev–Trinajstić information content (AvgIpc) is 3.23. The average molecular weight is 401 g/mol. The van der Waals surface area contributed by atoms with Crippen LogP contribution in [0, 0.1) is 5.92 Å². The Morgan fingerprint density at radius 1 is 1.11 bits per heavy atom. The van der Waals surface area contributed by atoms with Crippen LogP contribution in [0.2, 0.25) is 0 Å². The molecule has 0 saturated heterocycles. The first-order chi connectivity index (χ1) is 12.9. The molecule has 7 heteroatoms. The summed E-state index contributed by atoms with van der Waals surface area (Å²) in [5.41, 5.74) is 0.565. The molecular weight excluding hydrogens is 380 g/mol. The lowest BCUT2D eigenvalue weighted by Gasteiger charge is -2.24. The predicted molar refractivity (Wildman–Crippen MR) is 109 cm³/mol. The van der Waals surface area contributed by atoms with Crippen molar-refractivity contribution in [3.8, 4) is 0 Å². The zero-order chi connectivity index (χ0) is 19.2. The summed E-state index contributed by atoms with van der Waals surface area (Å²) in [4.78, 5) is 14.1. The number of carbonyl (C=O) groups is 1. The van der Waals surface area contributed by atoms with Crippen molar-refractivity contribution >= 4 is 43.7 Å². The van der Waals surface area contributed by atoms with Gasteiger partial charge in [0, 0.05) is 10.3 Å². The molecule has 1 atom stereocenters. The molecule has 0 radical (unpaired) electrons.